The standard InChI is InChI=1S/C25H30N6O5S/c1-37(35,36)30-12-10-29(11-13-30)21-14-22(24(33)28-20-8-2-17(16-32)3-9-20)31(15-21)25(34)19-6-4-18(5-7-19)23(26)27/h2-9,16,21-22H,10-15H2,1H3,(H3,26,27)(H,28,33)/t21-,22-/m0/s1. The number of carbonyl (C=O) groups excluding carboxylic acids is 3. The normalized spacial score (nSPS) is 20.9. The van der Waals surface area contributed by atoms with E-state index in [0.717, 1.165) is 0 Å². The molecule has 2 aromatic carbocycles. The summed E-state index contributed by atoms with van der Waals surface area (Å²) in [5, 5.41) is 10.4. The molecule has 0 saturated carbocycles. The molecule has 2 aliphatic heterocycles. The van der Waals surface area contributed by atoms with Crippen molar-refractivity contribution in [3.8, 4) is 0 Å². The Hall–Kier alpha value is -3.61. The van der Waals surface area contributed by atoms with E-state index in [1.807, 2.05) is 0 Å². The Morgan fingerprint density at radius 1 is 1.00 bits per heavy atom. The highest BCUT2D eigenvalue weighted by Crippen LogP contribution is 2.27. The Bertz CT molecular complexity index is 1290. The lowest BCUT2D eigenvalue weighted by molar-refractivity contribution is -0.119. The molecule has 0 unspecified atom stereocenters. The lowest BCUT2D eigenvalue weighted by atomic mass is 10.1. The number of benzene rings is 2. The van der Waals surface area contributed by atoms with Gasteiger partial charge in [0.05, 0.1) is 6.26 Å². The minimum absolute atomic E-state index is 0.105. The zero-order valence-corrected chi connectivity index (χ0v) is 21.3. The Balaban J connectivity index is 1.54. The van der Waals surface area contributed by atoms with Gasteiger partial charge in [-0.1, -0.05) is 12.1 Å². The summed E-state index contributed by atoms with van der Waals surface area (Å²) >= 11 is 0. The number of nitrogen functional groups attached to an aromatic ring is 1. The second-order valence-corrected chi connectivity index (χ2v) is 11.3. The van der Waals surface area contributed by atoms with Gasteiger partial charge in [0, 0.05) is 61.1 Å². The number of likely N-dealkylation sites (tertiary alicyclic amines) is 1. The summed E-state index contributed by atoms with van der Waals surface area (Å²) in [6, 6.07) is 12.0. The van der Waals surface area contributed by atoms with Crippen LogP contribution in [0.2, 0.25) is 0 Å². The summed E-state index contributed by atoms with van der Waals surface area (Å²) in [5.74, 6) is -0.764. The van der Waals surface area contributed by atoms with Crippen molar-refractivity contribution in [2.24, 2.45) is 5.73 Å². The van der Waals surface area contributed by atoms with Gasteiger partial charge in [0.25, 0.3) is 5.91 Å². The smallest absolute Gasteiger partial charge is 0.254 e. The molecule has 2 atom stereocenters. The van der Waals surface area contributed by atoms with Crippen molar-refractivity contribution in [2.45, 2.75) is 18.5 Å². The number of nitrogens with one attached hydrogen (secondary N) is 2. The molecule has 2 aliphatic rings. The van der Waals surface area contributed by atoms with E-state index in [4.69, 9.17) is 11.1 Å². The molecule has 12 heteroatoms. The van der Waals surface area contributed by atoms with Crippen LogP contribution in [0, 0.1) is 5.41 Å². The molecule has 2 amide bonds. The van der Waals surface area contributed by atoms with E-state index in [0.29, 0.717) is 67.8 Å². The average Bonchev–Trinajstić information content (AvgIpc) is 3.34. The van der Waals surface area contributed by atoms with Gasteiger partial charge in [-0.25, -0.2) is 8.42 Å². The van der Waals surface area contributed by atoms with Crippen LogP contribution in [0.25, 0.3) is 0 Å². The van der Waals surface area contributed by atoms with Crippen LogP contribution in [0.1, 0.15) is 32.7 Å². The molecule has 0 aromatic heterocycles. The van der Waals surface area contributed by atoms with E-state index in [-0.39, 0.29) is 23.7 Å². The Morgan fingerprint density at radius 3 is 2.14 bits per heavy atom. The number of nitrogens with two attached hydrogens (primary N) is 1. The quantitative estimate of drug-likeness (QED) is 0.271. The fraction of sp³-hybridized carbons (Fsp3) is 0.360. The number of carbonyl (C=O) groups is 3. The molecule has 2 aromatic rings. The van der Waals surface area contributed by atoms with E-state index in [9.17, 15) is 22.8 Å². The number of nitrogens with zero attached hydrogens (tertiary/aromatic N) is 3. The molecule has 0 spiro atoms. The van der Waals surface area contributed by atoms with E-state index in [1.54, 1.807) is 53.4 Å². The maximum atomic E-state index is 13.5. The number of anilines is 1. The molecule has 11 nitrogen and oxygen atoms in total. The van der Waals surface area contributed by atoms with Gasteiger partial charge >= 0.3 is 0 Å². The van der Waals surface area contributed by atoms with Gasteiger partial charge in [-0.3, -0.25) is 24.7 Å². The highest BCUT2D eigenvalue weighted by atomic mass is 32.2. The molecule has 37 heavy (non-hydrogen) atoms. The number of aldehydes is 1. The molecule has 196 valence electrons. The van der Waals surface area contributed by atoms with Crippen molar-refractivity contribution in [1.82, 2.24) is 14.1 Å². The SMILES string of the molecule is CS(=O)(=O)N1CCN([C@H]2C[C@@H](C(=O)Nc3ccc(C=O)cc3)N(C(=O)c3ccc(C(=N)N)cc3)C2)CC1. The van der Waals surface area contributed by atoms with Crippen molar-refractivity contribution in [3.63, 3.8) is 0 Å². The number of amides is 2. The summed E-state index contributed by atoms with van der Waals surface area (Å²) in [6.45, 7) is 2.04. The van der Waals surface area contributed by atoms with Crippen molar-refractivity contribution in [3.05, 3.63) is 65.2 Å². The number of hydrogen-bond acceptors (Lipinski definition) is 7. The summed E-state index contributed by atoms with van der Waals surface area (Å²) in [4.78, 5) is 41.5. The van der Waals surface area contributed by atoms with E-state index >= 15 is 0 Å². The lowest BCUT2D eigenvalue weighted by Crippen LogP contribution is -2.52. The van der Waals surface area contributed by atoms with Crippen LogP contribution in [0.4, 0.5) is 5.69 Å². The van der Waals surface area contributed by atoms with Crippen molar-refractivity contribution < 1.29 is 22.8 Å². The topological polar surface area (TPSA) is 157 Å². The number of piperazine rings is 1. The second kappa shape index (κ2) is 10.8. The molecule has 4 rings (SSSR count). The van der Waals surface area contributed by atoms with Gasteiger partial charge in [0.2, 0.25) is 15.9 Å². The van der Waals surface area contributed by atoms with E-state index in [1.165, 1.54) is 10.6 Å². The highest BCUT2D eigenvalue weighted by molar-refractivity contribution is 7.88. The molecule has 2 fully saturated rings. The largest absolute Gasteiger partial charge is 0.384 e. The maximum absolute atomic E-state index is 13.5. The monoisotopic (exact) mass is 526 g/mol. The Morgan fingerprint density at radius 2 is 1.59 bits per heavy atom. The first kappa shape index (κ1) is 26.5. The van der Waals surface area contributed by atoms with Crippen molar-refractivity contribution in [2.75, 3.05) is 44.3 Å². The fourth-order valence-electron chi connectivity index (χ4n) is 4.78. The summed E-state index contributed by atoms with van der Waals surface area (Å²) in [6.07, 6.45) is 2.31. The number of sulfonamides is 1. The predicted molar refractivity (Wildman–Crippen MR) is 139 cm³/mol. The van der Waals surface area contributed by atoms with Gasteiger partial charge < -0.3 is 16.0 Å². The fourth-order valence-corrected chi connectivity index (χ4v) is 5.61. The minimum Gasteiger partial charge on any atom is -0.384 e. The molecule has 0 radical (unpaired) electrons. The molecule has 4 N–H and O–H groups in total. The first-order valence-electron chi connectivity index (χ1n) is 11.9. The van der Waals surface area contributed by atoms with Crippen LogP contribution < -0.4 is 11.1 Å². The molecule has 0 aliphatic carbocycles. The van der Waals surface area contributed by atoms with Crippen molar-refractivity contribution in [1.29, 1.82) is 5.41 Å². The lowest BCUT2D eigenvalue weighted by Gasteiger charge is -2.36. The van der Waals surface area contributed by atoms with Crippen LogP contribution in [0.15, 0.2) is 48.5 Å². The molecule has 2 heterocycles. The molecular weight excluding hydrogens is 496 g/mol. The van der Waals surface area contributed by atoms with Gasteiger partial charge in [-0.05, 0) is 42.8 Å². The number of rotatable bonds is 7. The third-order valence-electron chi connectivity index (χ3n) is 6.86. The van der Waals surface area contributed by atoms with Gasteiger partial charge in [-0.2, -0.15) is 4.31 Å². The van der Waals surface area contributed by atoms with E-state index < -0.39 is 16.1 Å². The first-order valence-corrected chi connectivity index (χ1v) is 13.7. The third-order valence-corrected chi connectivity index (χ3v) is 8.16. The Labute approximate surface area is 215 Å². The highest BCUT2D eigenvalue weighted by Gasteiger charge is 2.43. The maximum Gasteiger partial charge on any atom is 0.254 e. The summed E-state index contributed by atoms with van der Waals surface area (Å²) in [7, 11) is -3.27. The van der Waals surface area contributed by atoms with Crippen LogP contribution in [-0.2, 0) is 14.8 Å². The minimum atomic E-state index is -3.27. The van der Waals surface area contributed by atoms with Crippen LogP contribution >= 0.6 is 0 Å². The molecular formula is C25H30N6O5S. The van der Waals surface area contributed by atoms with Crippen LogP contribution in [-0.4, -0.2) is 97.5 Å². The van der Waals surface area contributed by atoms with Crippen LogP contribution in [0.5, 0.6) is 0 Å². The van der Waals surface area contributed by atoms with E-state index in [2.05, 4.69) is 10.2 Å². The van der Waals surface area contributed by atoms with Gasteiger partial charge in [-0.15, -0.1) is 0 Å². The van der Waals surface area contributed by atoms with Gasteiger partial charge in [0.1, 0.15) is 18.2 Å². The molecule has 2 saturated heterocycles. The summed E-state index contributed by atoms with van der Waals surface area (Å²) < 4.78 is 25.2. The zero-order valence-electron chi connectivity index (χ0n) is 20.5. The average molecular weight is 527 g/mol. The van der Waals surface area contributed by atoms with Gasteiger partial charge in [0.15, 0.2) is 0 Å². The summed E-state index contributed by atoms with van der Waals surface area (Å²) in [5.41, 5.74) is 7.39. The Kier molecular flexibility index (Phi) is 7.71. The van der Waals surface area contributed by atoms with Crippen molar-refractivity contribution >= 4 is 39.6 Å². The second-order valence-electron chi connectivity index (χ2n) is 9.28. The first-order chi connectivity index (χ1) is 17.6. The third kappa shape index (κ3) is 6.04. The zero-order chi connectivity index (χ0) is 26.7. The number of amidine groups is 1. The molecule has 0 bridgehead atoms. The number of hydrogen-bond donors (Lipinski definition) is 3. The van der Waals surface area contributed by atoms with Crippen LogP contribution in [0.3, 0.4) is 0 Å². The predicted octanol–water partition coefficient (Wildman–Crippen LogP) is 0.582.